The van der Waals surface area contributed by atoms with Crippen LogP contribution in [0.1, 0.15) is 18.5 Å². The van der Waals surface area contributed by atoms with Crippen LogP contribution in [0.2, 0.25) is 0 Å². The van der Waals surface area contributed by atoms with Crippen LogP contribution >= 0.6 is 15.9 Å². The minimum absolute atomic E-state index is 0.234. The van der Waals surface area contributed by atoms with Crippen molar-refractivity contribution in [2.45, 2.75) is 13.0 Å². The van der Waals surface area contributed by atoms with Gasteiger partial charge in [-0.2, -0.15) is 0 Å². The monoisotopic (exact) mass is 269 g/mol. The molecule has 4 heteroatoms. The molecule has 0 bridgehead atoms. The molecule has 0 N–H and O–H groups in total. The fourth-order valence-electron chi connectivity index (χ4n) is 1.28. The lowest BCUT2D eigenvalue weighted by atomic mass is 10.1. The van der Waals surface area contributed by atoms with Crippen molar-refractivity contribution in [3.8, 4) is 11.5 Å². The van der Waals surface area contributed by atoms with Crippen molar-refractivity contribution in [2.24, 2.45) is 0 Å². The average Bonchev–Trinajstić information content (AvgIpc) is 2.27. The van der Waals surface area contributed by atoms with E-state index in [1.54, 1.807) is 14.2 Å². The standard InChI is InChI=1S/C11H12BrNO2/c1-7(13-2)8-5-11(15-4)9(12)6-10(8)14-3/h5-7H,1,3-4H3. The summed E-state index contributed by atoms with van der Waals surface area (Å²) in [5, 5.41) is 0. The van der Waals surface area contributed by atoms with Crippen LogP contribution in [0.4, 0.5) is 0 Å². The van der Waals surface area contributed by atoms with E-state index in [1.807, 2.05) is 19.1 Å². The molecule has 80 valence electrons. The number of hydrogen-bond acceptors (Lipinski definition) is 2. The zero-order valence-electron chi connectivity index (χ0n) is 8.87. The van der Waals surface area contributed by atoms with E-state index >= 15 is 0 Å². The maximum Gasteiger partial charge on any atom is 0.249 e. The van der Waals surface area contributed by atoms with Crippen LogP contribution in [0.15, 0.2) is 16.6 Å². The molecule has 0 aromatic heterocycles. The highest BCUT2D eigenvalue weighted by atomic mass is 79.9. The zero-order valence-corrected chi connectivity index (χ0v) is 10.5. The predicted molar refractivity (Wildman–Crippen MR) is 62.3 cm³/mol. The maximum absolute atomic E-state index is 7.02. The van der Waals surface area contributed by atoms with Gasteiger partial charge in [0.1, 0.15) is 11.5 Å². The Bertz CT molecular complexity index is 398. The van der Waals surface area contributed by atoms with Crippen LogP contribution < -0.4 is 9.47 Å². The van der Waals surface area contributed by atoms with Gasteiger partial charge < -0.3 is 14.3 Å². The van der Waals surface area contributed by atoms with Gasteiger partial charge in [0.2, 0.25) is 6.04 Å². The number of halogens is 1. The summed E-state index contributed by atoms with van der Waals surface area (Å²) in [5.41, 5.74) is 0.840. The SMILES string of the molecule is [C-]#[N+]C(C)c1cc(OC)c(Br)cc1OC. The van der Waals surface area contributed by atoms with E-state index in [0.717, 1.165) is 10.0 Å². The highest BCUT2D eigenvalue weighted by Crippen LogP contribution is 2.36. The molecule has 1 unspecified atom stereocenters. The Morgan fingerprint density at radius 3 is 2.33 bits per heavy atom. The average molecular weight is 270 g/mol. The molecule has 0 aliphatic rings. The predicted octanol–water partition coefficient (Wildman–Crippen LogP) is 3.45. The summed E-state index contributed by atoms with van der Waals surface area (Å²) in [6, 6.07) is 3.41. The molecule has 0 saturated carbocycles. The normalized spacial score (nSPS) is 11.7. The summed E-state index contributed by atoms with van der Waals surface area (Å²) in [5.74, 6) is 1.41. The Morgan fingerprint density at radius 1 is 1.27 bits per heavy atom. The van der Waals surface area contributed by atoms with Gasteiger partial charge in [0.25, 0.3) is 0 Å². The van der Waals surface area contributed by atoms with E-state index in [4.69, 9.17) is 16.0 Å². The largest absolute Gasteiger partial charge is 0.496 e. The first-order valence-corrected chi connectivity index (χ1v) is 5.21. The summed E-state index contributed by atoms with van der Waals surface area (Å²) >= 11 is 3.37. The first-order chi connectivity index (χ1) is 7.13. The number of methoxy groups -OCH3 is 2. The van der Waals surface area contributed by atoms with Crippen LogP contribution in [0.5, 0.6) is 11.5 Å². The van der Waals surface area contributed by atoms with Crippen molar-refractivity contribution in [1.29, 1.82) is 0 Å². The van der Waals surface area contributed by atoms with E-state index < -0.39 is 0 Å². The lowest BCUT2D eigenvalue weighted by Gasteiger charge is -2.11. The van der Waals surface area contributed by atoms with Gasteiger partial charge in [-0.25, -0.2) is 6.57 Å². The smallest absolute Gasteiger partial charge is 0.249 e. The van der Waals surface area contributed by atoms with Gasteiger partial charge in [0, 0.05) is 6.92 Å². The van der Waals surface area contributed by atoms with Crippen molar-refractivity contribution in [3.05, 3.63) is 33.6 Å². The second kappa shape index (κ2) is 5.04. The van der Waals surface area contributed by atoms with Crippen LogP contribution in [0.3, 0.4) is 0 Å². The summed E-state index contributed by atoms with van der Waals surface area (Å²) < 4.78 is 11.2. The molecule has 0 aliphatic carbocycles. The van der Waals surface area contributed by atoms with E-state index in [9.17, 15) is 0 Å². The molecular formula is C11H12BrNO2. The zero-order chi connectivity index (χ0) is 11.4. The van der Waals surface area contributed by atoms with Gasteiger partial charge in [0.15, 0.2) is 0 Å². The first kappa shape index (κ1) is 11.9. The van der Waals surface area contributed by atoms with Crippen LogP contribution in [-0.2, 0) is 0 Å². The van der Waals surface area contributed by atoms with Gasteiger partial charge in [0.05, 0.1) is 24.3 Å². The van der Waals surface area contributed by atoms with E-state index in [2.05, 4.69) is 20.8 Å². The summed E-state index contributed by atoms with van der Waals surface area (Å²) in [6.45, 7) is 8.85. The third-order valence-electron chi connectivity index (χ3n) is 2.15. The minimum atomic E-state index is -0.234. The van der Waals surface area contributed by atoms with Gasteiger partial charge in [-0.1, -0.05) is 0 Å². The van der Waals surface area contributed by atoms with Gasteiger partial charge >= 0.3 is 0 Å². The molecule has 1 aromatic rings. The Labute approximate surface area is 98.0 Å². The number of benzene rings is 1. The van der Waals surface area contributed by atoms with Crippen LogP contribution in [-0.4, -0.2) is 14.2 Å². The molecule has 0 aliphatic heterocycles. The number of nitrogens with zero attached hydrogens (tertiary/aromatic N) is 1. The summed E-state index contributed by atoms with van der Waals surface area (Å²) in [4.78, 5) is 3.47. The van der Waals surface area contributed by atoms with Gasteiger partial charge in [-0.05, 0) is 28.1 Å². The highest BCUT2D eigenvalue weighted by molar-refractivity contribution is 9.10. The number of rotatable bonds is 3. The highest BCUT2D eigenvalue weighted by Gasteiger charge is 2.18. The molecule has 0 heterocycles. The molecule has 15 heavy (non-hydrogen) atoms. The Kier molecular flexibility index (Phi) is 3.98. The lowest BCUT2D eigenvalue weighted by Crippen LogP contribution is -1.96. The molecule has 0 radical (unpaired) electrons. The van der Waals surface area contributed by atoms with Crippen LogP contribution in [0, 0.1) is 6.57 Å². The molecule has 3 nitrogen and oxygen atoms in total. The summed E-state index contributed by atoms with van der Waals surface area (Å²) in [7, 11) is 3.19. The topological polar surface area (TPSA) is 22.8 Å². The molecule has 0 amide bonds. The quantitative estimate of drug-likeness (QED) is 0.785. The summed E-state index contributed by atoms with van der Waals surface area (Å²) in [6.07, 6.45) is 0. The second-order valence-corrected chi connectivity index (χ2v) is 3.89. The number of ether oxygens (including phenoxy) is 2. The molecular weight excluding hydrogens is 258 g/mol. The maximum atomic E-state index is 7.02. The Hall–Kier alpha value is -1.21. The van der Waals surface area contributed by atoms with Gasteiger partial charge in [-0.15, -0.1) is 0 Å². The minimum Gasteiger partial charge on any atom is -0.496 e. The van der Waals surface area contributed by atoms with E-state index in [-0.39, 0.29) is 6.04 Å². The fourth-order valence-corrected chi connectivity index (χ4v) is 1.76. The van der Waals surface area contributed by atoms with Crippen molar-refractivity contribution >= 4 is 15.9 Å². The Balaban J connectivity index is 3.30. The molecule has 0 fully saturated rings. The van der Waals surface area contributed by atoms with Crippen molar-refractivity contribution < 1.29 is 9.47 Å². The third kappa shape index (κ3) is 2.42. The third-order valence-corrected chi connectivity index (χ3v) is 2.77. The van der Waals surface area contributed by atoms with Crippen molar-refractivity contribution in [2.75, 3.05) is 14.2 Å². The van der Waals surface area contributed by atoms with Crippen molar-refractivity contribution in [1.82, 2.24) is 0 Å². The fraction of sp³-hybridized carbons (Fsp3) is 0.364. The molecule has 1 atom stereocenters. The number of hydrogen-bond donors (Lipinski definition) is 0. The second-order valence-electron chi connectivity index (χ2n) is 3.03. The van der Waals surface area contributed by atoms with E-state index in [0.29, 0.717) is 11.5 Å². The van der Waals surface area contributed by atoms with Crippen molar-refractivity contribution in [3.63, 3.8) is 0 Å². The van der Waals surface area contributed by atoms with E-state index in [1.165, 1.54) is 0 Å². The molecule has 0 saturated heterocycles. The lowest BCUT2D eigenvalue weighted by molar-refractivity contribution is 0.396. The molecule has 1 aromatic carbocycles. The Morgan fingerprint density at radius 2 is 1.87 bits per heavy atom. The van der Waals surface area contributed by atoms with Crippen LogP contribution in [0.25, 0.3) is 4.85 Å². The molecule has 0 spiro atoms. The first-order valence-electron chi connectivity index (χ1n) is 4.42. The molecule has 1 rings (SSSR count). The van der Waals surface area contributed by atoms with Gasteiger partial charge in [-0.3, -0.25) is 0 Å².